The molecule has 0 aromatic rings. The second-order valence-corrected chi connectivity index (χ2v) is 9.04. The van der Waals surface area contributed by atoms with Gasteiger partial charge in [-0.1, -0.05) is 0 Å². The Balaban J connectivity index is 1.07. The zero-order chi connectivity index (χ0) is 15.0. The molecule has 6 aliphatic rings. The molecule has 6 rings (SSSR count). The molecular formula is C18H31N5. The van der Waals surface area contributed by atoms with E-state index in [2.05, 4.69) is 25.8 Å². The predicted octanol–water partition coefficient (Wildman–Crippen LogP) is -0.00210. The zero-order valence-corrected chi connectivity index (χ0v) is 14.1. The van der Waals surface area contributed by atoms with Crippen molar-refractivity contribution in [3.63, 3.8) is 0 Å². The van der Waals surface area contributed by atoms with E-state index in [4.69, 9.17) is 0 Å². The van der Waals surface area contributed by atoms with E-state index >= 15 is 0 Å². The molecule has 0 bridgehead atoms. The Labute approximate surface area is 139 Å². The van der Waals surface area contributed by atoms with Crippen LogP contribution in [0.2, 0.25) is 0 Å². The third-order valence-electron chi connectivity index (χ3n) is 7.91. The molecule has 128 valence electrons. The van der Waals surface area contributed by atoms with Crippen molar-refractivity contribution < 1.29 is 0 Å². The molecule has 8 atom stereocenters. The Bertz CT molecular complexity index is 484. The fourth-order valence-corrected chi connectivity index (χ4v) is 6.39. The van der Waals surface area contributed by atoms with Crippen molar-refractivity contribution in [3.8, 4) is 0 Å². The lowest BCUT2D eigenvalue weighted by atomic mass is 9.80. The van der Waals surface area contributed by atoms with E-state index < -0.39 is 0 Å². The van der Waals surface area contributed by atoms with Crippen molar-refractivity contribution in [1.82, 2.24) is 25.8 Å². The van der Waals surface area contributed by atoms with Crippen molar-refractivity contribution in [2.24, 2.45) is 17.8 Å². The van der Waals surface area contributed by atoms with Crippen LogP contribution in [0.15, 0.2) is 0 Å². The van der Waals surface area contributed by atoms with Gasteiger partial charge in [-0.2, -0.15) is 0 Å². The van der Waals surface area contributed by atoms with E-state index in [1.54, 1.807) is 0 Å². The third kappa shape index (κ3) is 2.17. The summed E-state index contributed by atoms with van der Waals surface area (Å²) in [6, 6.07) is 2.44. The average molecular weight is 317 g/mol. The molecule has 0 aromatic heterocycles. The van der Waals surface area contributed by atoms with Gasteiger partial charge < -0.3 is 5.32 Å². The number of nitrogens with zero attached hydrogens (tertiary/aromatic N) is 2. The van der Waals surface area contributed by atoms with Gasteiger partial charge in [-0.05, 0) is 50.5 Å². The molecule has 6 fully saturated rings. The molecule has 1 saturated carbocycles. The lowest BCUT2D eigenvalue weighted by Crippen LogP contribution is -2.74. The zero-order valence-electron chi connectivity index (χ0n) is 14.1. The minimum atomic E-state index is 0.637. The van der Waals surface area contributed by atoms with Crippen LogP contribution < -0.4 is 16.0 Å². The van der Waals surface area contributed by atoms with E-state index in [-0.39, 0.29) is 0 Å². The van der Waals surface area contributed by atoms with E-state index in [0.717, 1.165) is 42.0 Å². The van der Waals surface area contributed by atoms with Crippen LogP contribution in [0.4, 0.5) is 0 Å². The summed E-state index contributed by atoms with van der Waals surface area (Å²) in [5.74, 6) is 2.88. The maximum absolute atomic E-state index is 3.95. The normalized spacial score (nSPS) is 55.8. The Hall–Kier alpha value is -0.200. The summed E-state index contributed by atoms with van der Waals surface area (Å²) >= 11 is 0. The first-order valence-electron chi connectivity index (χ1n) is 10.1. The Morgan fingerprint density at radius 2 is 1.83 bits per heavy atom. The van der Waals surface area contributed by atoms with Gasteiger partial charge in [0.15, 0.2) is 0 Å². The Kier molecular flexibility index (Phi) is 3.14. The van der Waals surface area contributed by atoms with Gasteiger partial charge in [-0.15, -0.1) is 0 Å². The number of fused-ring (bicyclic) bond motifs is 3. The molecule has 5 heterocycles. The number of hydrogen-bond donors (Lipinski definition) is 3. The molecule has 5 heteroatoms. The van der Waals surface area contributed by atoms with Gasteiger partial charge in [-0.3, -0.25) is 20.4 Å². The fourth-order valence-electron chi connectivity index (χ4n) is 6.39. The SMILES string of the molecule is C1CC(N2CC[C@@H]3C(C2)NC3N2CCC3CC32)NC2CNCC12. The molecule has 3 N–H and O–H groups in total. The Morgan fingerprint density at radius 3 is 2.65 bits per heavy atom. The van der Waals surface area contributed by atoms with Crippen LogP contribution >= 0.6 is 0 Å². The lowest BCUT2D eigenvalue weighted by Gasteiger charge is -2.56. The van der Waals surface area contributed by atoms with Gasteiger partial charge in [0.1, 0.15) is 0 Å². The first-order chi connectivity index (χ1) is 11.4. The van der Waals surface area contributed by atoms with E-state index in [1.165, 1.54) is 64.8 Å². The van der Waals surface area contributed by atoms with Gasteiger partial charge in [0, 0.05) is 50.2 Å². The number of hydrogen-bond acceptors (Lipinski definition) is 5. The van der Waals surface area contributed by atoms with Crippen LogP contribution in [0, 0.1) is 17.8 Å². The van der Waals surface area contributed by atoms with Gasteiger partial charge in [0.2, 0.25) is 0 Å². The van der Waals surface area contributed by atoms with Crippen molar-refractivity contribution in [1.29, 1.82) is 0 Å². The molecule has 5 aliphatic heterocycles. The van der Waals surface area contributed by atoms with Gasteiger partial charge in [-0.25, -0.2) is 0 Å². The number of piperidine rings is 3. The number of rotatable bonds is 2. The molecule has 0 aromatic carbocycles. The maximum Gasteiger partial charge on any atom is 0.0647 e. The summed E-state index contributed by atoms with van der Waals surface area (Å²) in [6.07, 6.45) is 8.48. The molecule has 5 nitrogen and oxygen atoms in total. The first-order valence-corrected chi connectivity index (χ1v) is 10.1. The van der Waals surface area contributed by atoms with E-state index in [0.29, 0.717) is 6.17 Å². The molecule has 23 heavy (non-hydrogen) atoms. The highest BCUT2D eigenvalue weighted by Crippen LogP contribution is 2.48. The summed E-state index contributed by atoms with van der Waals surface area (Å²) in [7, 11) is 0. The molecule has 1 aliphatic carbocycles. The van der Waals surface area contributed by atoms with Crippen LogP contribution in [0.1, 0.15) is 32.1 Å². The molecule has 0 amide bonds. The standard InChI is InChI=1S/C18H31N5/c1-2-17(20-14-9-19-8-12(1)14)22-5-4-13-15(10-22)21-18(13)23-6-3-11-7-16(11)23/h11-21H,1-10H2/t11?,12?,13-,14?,15?,16?,17?,18?/m1/s1. The van der Waals surface area contributed by atoms with Crippen LogP contribution in [0.25, 0.3) is 0 Å². The summed E-state index contributed by atoms with van der Waals surface area (Å²) in [6.45, 7) is 6.35. The minimum absolute atomic E-state index is 0.637. The van der Waals surface area contributed by atoms with E-state index in [1.807, 2.05) is 0 Å². The van der Waals surface area contributed by atoms with Crippen LogP contribution in [-0.2, 0) is 0 Å². The van der Waals surface area contributed by atoms with Crippen molar-refractivity contribution in [2.75, 3.05) is 32.7 Å². The summed E-state index contributed by atoms with van der Waals surface area (Å²) < 4.78 is 0. The fraction of sp³-hybridized carbons (Fsp3) is 1.00. The third-order valence-corrected chi connectivity index (χ3v) is 7.91. The quantitative estimate of drug-likeness (QED) is 0.669. The second-order valence-electron chi connectivity index (χ2n) is 9.04. The van der Waals surface area contributed by atoms with Gasteiger partial charge >= 0.3 is 0 Å². The number of nitrogens with one attached hydrogen (secondary N) is 3. The smallest absolute Gasteiger partial charge is 0.0647 e. The highest BCUT2D eigenvalue weighted by Gasteiger charge is 2.55. The first kappa shape index (κ1) is 14.0. The van der Waals surface area contributed by atoms with Crippen molar-refractivity contribution in [2.45, 2.75) is 62.6 Å². The maximum atomic E-state index is 3.95. The van der Waals surface area contributed by atoms with Crippen LogP contribution in [0.5, 0.6) is 0 Å². The topological polar surface area (TPSA) is 42.6 Å². The summed E-state index contributed by atoms with van der Waals surface area (Å²) in [4.78, 5) is 5.57. The molecular weight excluding hydrogens is 286 g/mol. The van der Waals surface area contributed by atoms with Crippen molar-refractivity contribution in [3.05, 3.63) is 0 Å². The lowest BCUT2D eigenvalue weighted by molar-refractivity contribution is -0.0580. The molecule has 0 spiro atoms. The molecule has 7 unspecified atom stereocenters. The highest BCUT2D eigenvalue weighted by atomic mass is 15.4. The largest absolute Gasteiger partial charge is 0.315 e. The van der Waals surface area contributed by atoms with Crippen LogP contribution in [-0.4, -0.2) is 73.0 Å². The van der Waals surface area contributed by atoms with Gasteiger partial charge in [0.05, 0.1) is 12.3 Å². The number of likely N-dealkylation sites (tertiary alicyclic amines) is 2. The van der Waals surface area contributed by atoms with Crippen molar-refractivity contribution >= 4 is 0 Å². The monoisotopic (exact) mass is 317 g/mol. The highest BCUT2D eigenvalue weighted by molar-refractivity contribution is 5.10. The molecule has 5 saturated heterocycles. The summed E-state index contributed by atoms with van der Waals surface area (Å²) in [5.41, 5.74) is 0. The van der Waals surface area contributed by atoms with Crippen LogP contribution in [0.3, 0.4) is 0 Å². The van der Waals surface area contributed by atoms with E-state index in [9.17, 15) is 0 Å². The summed E-state index contributed by atoms with van der Waals surface area (Å²) in [5, 5.41) is 11.5. The second kappa shape index (κ2) is 5.15. The predicted molar refractivity (Wildman–Crippen MR) is 89.9 cm³/mol. The minimum Gasteiger partial charge on any atom is -0.315 e. The average Bonchev–Trinajstić information content (AvgIpc) is 3.00. The Morgan fingerprint density at radius 1 is 0.826 bits per heavy atom. The molecule has 0 radical (unpaired) electrons. The van der Waals surface area contributed by atoms with Gasteiger partial charge in [0.25, 0.3) is 0 Å².